The number of nitrogens with zero attached hydrogens (tertiary/aromatic N) is 3. The summed E-state index contributed by atoms with van der Waals surface area (Å²) in [6, 6.07) is 0. The lowest BCUT2D eigenvalue weighted by Crippen LogP contribution is -2.12. The highest BCUT2D eigenvalue weighted by molar-refractivity contribution is 7.09. The van der Waals surface area contributed by atoms with Gasteiger partial charge in [-0.25, -0.2) is 9.97 Å². The largest absolute Gasteiger partial charge is 0.379 e. The molecule has 4 nitrogen and oxygen atoms in total. The van der Waals surface area contributed by atoms with Gasteiger partial charge in [0.15, 0.2) is 6.10 Å². The average Bonchev–Trinajstić information content (AvgIpc) is 2.96. The van der Waals surface area contributed by atoms with Gasteiger partial charge >= 0.3 is 0 Å². The Kier molecular flexibility index (Phi) is 3.54. The number of hydrogen-bond donors (Lipinski definition) is 1. The Morgan fingerprint density at radius 2 is 2.17 bits per heavy atom. The van der Waals surface area contributed by atoms with Gasteiger partial charge in [0.05, 0.1) is 10.7 Å². The molecule has 98 valence electrons. The van der Waals surface area contributed by atoms with Gasteiger partial charge in [0.1, 0.15) is 5.82 Å². The molecule has 0 aliphatic carbocycles. The molecule has 0 saturated carbocycles. The number of aryl methyl sites for hydroxylation is 1. The van der Waals surface area contributed by atoms with Gasteiger partial charge in [0.2, 0.25) is 0 Å². The van der Waals surface area contributed by atoms with Crippen LogP contribution in [0.15, 0.2) is 17.8 Å². The van der Waals surface area contributed by atoms with Crippen molar-refractivity contribution in [1.29, 1.82) is 0 Å². The maximum absolute atomic E-state index is 10.3. The lowest BCUT2D eigenvalue weighted by atomic mass is 9.98. The molecule has 1 N–H and O–H groups in total. The summed E-state index contributed by atoms with van der Waals surface area (Å²) in [5, 5.41) is 13.3. The molecule has 2 aromatic heterocycles. The third kappa shape index (κ3) is 2.47. The first-order valence-corrected chi connectivity index (χ1v) is 6.96. The molecule has 0 amide bonds. The second kappa shape index (κ2) is 4.82. The normalized spacial score (nSPS) is 13.8. The van der Waals surface area contributed by atoms with Crippen LogP contribution >= 0.6 is 11.3 Å². The van der Waals surface area contributed by atoms with Gasteiger partial charge in [-0.3, -0.25) is 0 Å². The van der Waals surface area contributed by atoms with Crippen LogP contribution in [0.3, 0.4) is 0 Å². The Morgan fingerprint density at radius 3 is 2.72 bits per heavy atom. The molecule has 0 radical (unpaired) electrons. The highest BCUT2D eigenvalue weighted by Gasteiger charge is 2.23. The van der Waals surface area contributed by atoms with E-state index in [2.05, 4.69) is 30.7 Å². The quantitative estimate of drug-likeness (QED) is 0.928. The number of imidazole rings is 1. The maximum atomic E-state index is 10.3. The zero-order chi connectivity index (χ0) is 13.3. The minimum absolute atomic E-state index is 0.0167. The van der Waals surface area contributed by atoms with Gasteiger partial charge in [0, 0.05) is 29.7 Å². The lowest BCUT2D eigenvalue weighted by Gasteiger charge is -2.14. The molecule has 0 aliphatic rings. The Balaban J connectivity index is 2.29. The first-order valence-electron chi connectivity index (χ1n) is 6.08. The second-order valence-electron chi connectivity index (χ2n) is 5.30. The van der Waals surface area contributed by atoms with Crippen LogP contribution in [0.2, 0.25) is 0 Å². The van der Waals surface area contributed by atoms with Crippen molar-refractivity contribution >= 4 is 11.3 Å². The van der Waals surface area contributed by atoms with Crippen LogP contribution in [-0.4, -0.2) is 19.6 Å². The molecule has 0 fully saturated rings. The minimum Gasteiger partial charge on any atom is -0.379 e. The predicted octanol–water partition coefficient (Wildman–Crippen LogP) is 2.74. The molecule has 0 spiro atoms. The van der Waals surface area contributed by atoms with E-state index in [1.165, 1.54) is 0 Å². The number of rotatable bonds is 3. The molecule has 1 unspecified atom stereocenters. The molecule has 0 aromatic carbocycles. The van der Waals surface area contributed by atoms with Crippen molar-refractivity contribution < 1.29 is 5.11 Å². The number of aliphatic hydroxyl groups excluding tert-OH is 1. The van der Waals surface area contributed by atoms with E-state index >= 15 is 0 Å². The molecule has 0 aliphatic heterocycles. The Hall–Kier alpha value is -1.20. The summed E-state index contributed by atoms with van der Waals surface area (Å²) in [5.41, 5.74) is 0.703. The van der Waals surface area contributed by atoms with Gasteiger partial charge in [-0.2, -0.15) is 0 Å². The van der Waals surface area contributed by atoms with Crippen LogP contribution < -0.4 is 0 Å². The molecule has 5 heteroatoms. The summed E-state index contributed by atoms with van der Waals surface area (Å²) in [4.78, 5) is 8.74. The Bertz CT molecular complexity index is 524. The number of aromatic nitrogens is 3. The third-order valence-corrected chi connectivity index (χ3v) is 4.06. The van der Waals surface area contributed by atoms with E-state index in [9.17, 15) is 5.11 Å². The second-order valence-corrected chi connectivity index (χ2v) is 6.16. The van der Waals surface area contributed by atoms with Crippen LogP contribution in [0.4, 0.5) is 0 Å². The van der Waals surface area contributed by atoms with Crippen LogP contribution in [0.25, 0.3) is 0 Å². The molecule has 1 atom stereocenters. The van der Waals surface area contributed by atoms with Gasteiger partial charge in [-0.15, -0.1) is 11.3 Å². The molecule has 2 aromatic rings. The highest BCUT2D eigenvalue weighted by Crippen LogP contribution is 2.29. The fourth-order valence-corrected chi connectivity index (χ4v) is 2.65. The van der Waals surface area contributed by atoms with E-state index in [0.717, 1.165) is 11.6 Å². The van der Waals surface area contributed by atoms with Crippen molar-refractivity contribution in [3.05, 3.63) is 34.3 Å². The SMILES string of the molecule is CCn1ccnc1C(O)c1csc(C(C)(C)C)n1. The molecular weight excluding hydrogens is 246 g/mol. The first-order chi connectivity index (χ1) is 8.43. The minimum atomic E-state index is -0.743. The summed E-state index contributed by atoms with van der Waals surface area (Å²) < 4.78 is 1.93. The van der Waals surface area contributed by atoms with E-state index in [1.54, 1.807) is 17.5 Å². The first kappa shape index (κ1) is 13.2. The summed E-state index contributed by atoms with van der Waals surface area (Å²) >= 11 is 1.59. The fraction of sp³-hybridized carbons (Fsp3) is 0.538. The van der Waals surface area contributed by atoms with E-state index < -0.39 is 6.10 Å². The van der Waals surface area contributed by atoms with Crippen LogP contribution in [0, 0.1) is 0 Å². The van der Waals surface area contributed by atoms with Crippen LogP contribution in [0.1, 0.15) is 50.3 Å². The van der Waals surface area contributed by atoms with Crippen molar-refractivity contribution in [1.82, 2.24) is 14.5 Å². The average molecular weight is 265 g/mol. The standard InChI is InChI=1S/C13H19N3OS/c1-5-16-7-6-14-11(16)10(17)9-8-18-12(15-9)13(2,3)4/h6-8,10,17H,5H2,1-4H3. The predicted molar refractivity (Wildman–Crippen MR) is 72.8 cm³/mol. The van der Waals surface area contributed by atoms with E-state index in [-0.39, 0.29) is 5.41 Å². The zero-order valence-corrected chi connectivity index (χ0v) is 12.0. The van der Waals surface area contributed by atoms with Crippen LogP contribution in [-0.2, 0) is 12.0 Å². The van der Waals surface area contributed by atoms with Crippen molar-refractivity contribution in [2.45, 2.75) is 45.8 Å². The van der Waals surface area contributed by atoms with Gasteiger partial charge in [0.25, 0.3) is 0 Å². The molecule has 2 rings (SSSR count). The summed E-state index contributed by atoms with van der Waals surface area (Å²) in [7, 11) is 0. The number of thiazole rings is 1. The van der Waals surface area contributed by atoms with Gasteiger partial charge in [-0.1, -0.05) is 20.8 Å². The van der Waals surface area contributed by atoms with Crippen molar-refractivity contribution in [2.75, 3.05) is 0 Å². The van der Waals surface area contributed by atoms with E-state index in [0.29, 0.717) is 11.5 Å². The van der Waals surface area contributed by atoms with E-state index in [1.807, 2.05) is 23.1 Å². The Labute approximate surface area is 111 Å². The van der Waals surface area contributed by atoms with Crippen LogP contribution in [0.5, 0.6) is 0 Å². The fourth-order valence-electron chi connectivity index (χ4n) is 1.72. The van der Waals surface area contributed by atoms with Gasteiger partial charge < -0.3 is 9.67 Å². The summed E-state index contributed by atoms with van der Waals surface area (Å²) in [6.45, 7) is 9.18. The Morgan fingerprint density at radius 1 is 1.44 bits per heavy atom. The van der Waals surface area contributed by atoms with E-state index in [4.69, 9.17) is 0 Å². The monoisotopic (exact) mass is 265 g/mol. The highest BCUT2D eigenvalue weighted by atomic mass is 32.1. The third-order valence-electron chi connectivity index (χ3n) is 2.78. The number of hydrogen-bond acceptors (Lipinski definition) is 4. The smallest absolute Gasteiger partial charge is 0.154 e. The van der Waals surface area contributed by atoms with Crippen molar-refractivity contribution in [2.24, 2.45) is 0 Å². The van der Waals surface area contributed by atoms with Gasteiger partial charge in [-0.05, 0) is 6.92 Å². The van der Waals surface area contributed by atoms with Crippen molar-refractivity contribution in [3.63, 3.8) is 0 Å². The molecular formula is C13H19N3OS. The molecule has 0 bridgehead atoms. The maximum Gasteiger partial charge on any atom is 0.154 e. The zero-order valence-electron chi connectivity index (χ0n) is 11.2. The van der Waals surface area contributed by atoms with Crippen molar-refractivity contribution in [3.8, 4) is 0 Å². The summed E-state index contributed by atoms with van der Waals surface area (Å²) in [5.74, 6) is 0.656. The lowest BCUT2D eigenvalue weighted by molar-refractivity contribution is 0.200. The molecule has 18 heavy (non-hydrogen) atoms. The molecule has 0 saturated heterocycles. The summed E-state index contributed by atoms with van der Waals surface area (Å²) in [6.07, 6.45) is 2.83. The number of aliphatic hydroxyl groups is 1. The topological polar surface area (TPSA) is 50.9 Å². The molecule has 2 heterocycles.